The second kappa shape index (κ2) is 7.40. The largest absolute Gasteiger partial charge is 0.491 e. The summed E-state index contributed by atoms with van der Waals surface area (Å²) in [5, 5.41) is 4.33. The van der Waals surface area contributed by atoms with E-state index in [-0.39, 0.29) is 11.5 Å². The molecular weight excluding hydrogens is 390 g/mol. The van der Waals surface area contributed by atoms with E-state index in [9.17, 15) is 9.59 Å². The van der Waals surface area contributed by atoms with E-state index in [1.807, 2.05) is 49.4 Å². The van der Waals surface area contributed by atoms with Gasteiger partial charge in [-0.25, -0.2) is 0 Å². The van der Waals surface area contributed by atoms with Crippen LogP contribution >= 0.6 is 0 Å². The number of rotatable bonds is 3. The van der Waals surface area contributed by atoms with Gasteiger partial charge in [-0.1, -0.05) is 48.0 Å². The molecule has 6 heteroatoms. The number of fused-ring (bicyclic) bond motifs is 2. The fourth-order valence-corrected chi connectivity index (χ4v) is 4.23. The fraction of sp³-hybridized carbons (Fsp3) is 0.160. The average molecular weight is 411 g/mol. The smallest absolute Gasteiger partial charge is 0.255 e. The summed E-state index contributed by atoms with van der Waals surface area (Å²) in [7, 11) is 0. The summed E-state index contributed by atoms with van der Waals surface area (Å²) in [4.78, 5) is 33.1. The van der Waals surface area contributed by atoms with E-state index in [0.717, 1.165) is 11.1 Å². The number of amides is 1. The molecular formula is C25H21N3O3. The molecule has 0 unspecified atom stereocenters. The number of pyridine rings is 2. The number of aromatic nitrogens is 2. The fourth-order valence-electron chi connectivity index (χ4n) is 4.23. The third-order valence-corrected chi connectivity index (χ3v) is 5.83. The third kappa shape index (κ3) is 3.17. The van der Waals surface area contributed by atoms with Gasteiger partial charge in [-0.15, -0.1) is 0 Å². The maximum absolute atomic E-state index is 13.6. The van der Waals surface area contributed by atoms with Crippen LogP contribution in [0.4, 0.5) is 0 Å². The van der Waals surface area contributed by atoms with Crippen LogP contribution in [0.25, 0.3) is 10.8 Å². The number of hydrogen-bond donors (Lipinski definition) is 2. The van der Waals surface area contributed by atoms with Gasteiger partial charge in [0.2, 0.25) is 0 Å². The molecule has 1 atom stereocenters. The van der Waals surface area contributed by atoms with Gasteiger partial charge in [0.15, 0.2) is 0 Å². The zero-order chi connectivity index (χ0) is 21.4. The van der Waals surface area contributed by atoms with Gasteiger partial charge in [0.1, 0.15) is 17.0 Å². The highest BCUT2D eigenvalue weighted by molar-refractivity contribution is 6.06. The molecule has 1 aliphatic rings. The molecule has 2 N–H and O–H groups in total. The predicted molar refractivity (Wildman–Crippen MR) is 118 cm³/mol. The summed E-state index contributed by atoms with van der Waals surface area (Å²) in [6, 6.07) is 18.9. The molecule has 0 aliphatic carbocycles. The number of carbonyl (C=O) groups excluding carboxylic acids is 1. The van der Waals surface area contributed by atoms with Gasteiger partial charge >= 0.3 is 0 Å². The lowest BCUT2D eigenvalue weighted by atomic mass is 9.81. The number of aryl methyl sites for hydroxylation is 1. The lowest BCUT2D eigenvalue weighted by Gasteiger charge is -2.39. The van der Waals surface area contributed by atoms with E-state index in [0.29, 0.717) is 40.8 Å². The van der Waals surface area contributed by atoms with Crippen LogP contribution in [0.5, 0.6) is 5.75 Å². The molecule has 154 valence electrons. The van der Waals surface area contributed by atoms with Crippen LogP contribution in [-0.4, -0.2) is 22.5 Å². The van der Waals surface area contributed by atoms with Crippen molar-refractivity contribution in [3.63, 3.8) is 0 Å². The van der Waals surface area contributed by atoms with Crippen LogP contribution in [-0.2, 0) is 5.54 Å². The molecule has 0 fully saturated rings. The number of H-pyrrole nitrogens is 1. The van der Waals surface area contributed by atoms with Gasteiger partial charge in [-0.05, 0) is 30.7 Å². The highest BCUT2D eigenvalue weighted by atomic mass is 16.5. The van der Waals surface area contributed by atoms with E-state index < -0.39 is 5.54 Å². The van der Waals surface area contributed by atoms with Gasteiger partial charge in [-0.2, -0.15) is 0 Å². The molecule has 1 aliphatic heterocycles. The molecule has 1 amide bonds. The quantitative estimate of drug-likeness (QED) is 0.539. The monoisotopic (exact) mass is 411 g/mol. The first-order valence-corrected chi connectivity index (χ1v) is 10.2. The summed E-state index contributed by atoms with van der Waals surface area (Å²) in [5.74, 6) is 0.368. The van der Waals surface area contributed by atoms with E-state index in [1.165, 1.54) is 6.20 Å². The zero-order valence-corrected chi connectivity index (χ0v) is 17.0. The van der Waals surface area contributed by atoms with E-state index in [4.69, 9.17) is 4.74 Å². The third-order valence-electron chi connectivity index (χ3n) is 5.83. The maximum atomic E-state index is 13.6. The van der Waals surface area contributed by atoms with Crippen molar-refractivity contribution in [1.82, 2.24) is 15.3 Å². The molecule has 3 heterocycles. The van der Waals surface area contributed by atoms with E-state index in [1.54, 1.807) is 24.4 Å². The van der Waals surface area contributed by atoms with Crippen LogP contribution < -0.4 is 15.6 Å². The van der Waals surface area contributed by atoms with Crippen molar-refractivity contribution in [1.29, 1.82) is 0 Å². The summed E-state index contributed by atoms with van der Waals surface area (Å²) >= 11 is 0. The standard InChI is InChI=1S/C25H21N3O3/c1-16-8-10-17(11-9-16)25(12-14-31-21-7-4-13-26-22(21)25)28-24(30)20-15-27-23(29)19-6-3-2-5-18(19)20/h2-11,13,15H,12,14H2,1H3,(H,27,29)(H,28,30)/t25-/m0/s1. The van der Waals surface area contributed by atoms with Gasteiger partial charge in [0, 0.05) is 29.6 Å². The highest BCUT2D eigenvalue weighted by Crippen LogP contribution is 2.40. The van der Waals surface area contributed by atoms with Crippen molar-refractivity contribution in [3.05, 3.63) is 106 Å². The van der Waals surface area contributed by atoms with Crippen LogP contribution in [0.2, 0.25) is 0 Å². The molecule has 2 aromatic heterocycles. The molecule has 2 aromatic carbocycles. The minimum Gasteiger partial charge on any atom is -0.491 e. The van der Waals surface area contributed by atoms with Crippen molar-refractivity contribution in [2.24, 2.45) is 0 Å². The number of ether oxygens (including phenoxy) is 1. The maximum Gasteiger partial charge on any atom is 0.255 e. The Kier molecular flexibility index (Phi) is 4.55. The number of nitrogens with one attached hydrogen (secondary N) is 2. The normalized spacial score (nSPS) is 17.6. The lowest BCUT2D eigenvalue weighted by Crippen LogP contribution is -2.50. The summed E-state index contributed by atoms with van der Waals surface area (Å²) < 4.78 is 5.84. The zero-order valence-electron chi connectivity index (χ0n) is 17.0. The molecule has 0 saturated carbocycles. The Balaban J connectivity index is 1.67. The minimum absolute atomic E-state index is 0.224. The second-order valence-corrected chi connectivity index (χ2v) is 7.75. The Morgan fingerprint density at radius 3 is 2.65 bits per heavy atom. The van der Waals surface area contributed by atoms with Gasteiger partial charge < -0.3 is 15.0 Å². The first kappa shape index (κ1) is 19.1. The molecule has 0 radical (unpaired) electrons. The number of nitrogens with zero attached hydrogens (tertiary/aromatic N) is 1. The number of aromatic amines is 1. The number of hydrogen-bond acceptors (Lipinski definition) is 4. The Labute approximate surface area is 178 Å². The van der Waals surface area contributed by atoms with Gasteiger partial charge in [-0.3, -0.25) is 14.6 Å². The molecule has 6 nitrogen and oxygen atoms in total. The van der Waals surface area contributed by atoms with Crippen LogP contribution in [0.15, 0.2) is 77.9 Å². The molecule has 5 rings (SSSR count). The SMILES string of the molecule is Cc1ccc([C@@]2(NC(=O)c3c[nH]c(=O)c4ccccc34)CCOc3cccnc32)cc1. The average Bonchev–Trinajstić information content (AvgIpc) is 2.80. The first-order valence-electron chi connectivity index (χ1n) is 10.2. The molecule has 0 saturated heterocycles. The van der Waals surface area contributed by atoms with Crippen molar-refractivity contribution in [2.45, 2.75) is 18.9 Å². The van der Waals surface area contributed by atoms with Crippen molar-refractivity contribution in [3.8, 4) is 5.75 Å². The Bertz CT molecular complexity index is 1340. The lowest BCUT2D eigenvalue weighted by molar-refractivity contribution is 0.0885. The van der Waals surface area contributed by atoms with Crippen LogP contribution in [0, 0.1) is 6.92 Å². The Morgan fingerprint density at radius 2 is 1.84 bits per heavy atom. The van der Waals surface area contributed by atoms with Crippen LogP contribution in [0.3, 0.4) is 0 Å². The van der Waals surface area contributed by atoms with Crippen LogP contribution in [0.1, 0.15) is 33.6 Å². The second-order valence-electron chi connectivity index (χ2n) is 7.75. The van der Waals surface area contributed by atoms with E-state index >= 15 is 0 Å². The Morgan fingerprint density at radius 1 is 1.06 bits per heavy atom. The van der Waals surface area contributed by atoms with Crippen molar-refractivity contribution >= 4 is 16.7 Å². The molecule has 0 spiro atoms. The minimum atomic E-state index is -0.850. The van der Waals surface area contributed by atoms with Crippen molar-refractivity contribution in [2.75, 3.05) is 6.61 Å². The van der Waals surface area contributed by atoms with E-state index in [2.05, 4.69) is 15.3 Å². The predicted octanol–water partition coefficient (Wildman–Crippen LogP) is 3.69. The molecule has 0 bridgehead atoms. The molecule has 31 heavy (non-hydrogen) atoms. The summed E-state index contributed by atoms with van der Waals surface area (Å²) in [6.45, 7) is 2.47. The number of benzene rings is 2. The number of carbonyl (C=O) groups is 1. The first-order chi connectivity index (χ1) is 15.1. The Hall–Kier alpha value is -3.93. The topological polar surface area (TPSA) is 84.1 Å². The highest BCUT2D eigenvalue weighted by Gasteiger charge is 2.42. The molecule has 4 aromatic rings. The van der Waals surface area contributed by atoms with Gasteiger partial charge in [0.05, 0.1) is 12.2 Å². The summed E-state index contributed by atoms with van der Waals surface area (Å²) in [5.41, 5.74) is 2.07. The van der Waals surface area contributed by atoms with Crippen molar-refractivity contribution < 1.29 is 9.53 Å². The van der Waals surface area contributed by atoms with Gasteiger partial charge in [0.25, 0.3) is 11.5 Å². The summed E-state index contributed by atoms with van der Waals surface area (Å²) in [6.07, 6.45) is 3.71.